The molecule has 0 aromatic heterocycles. The Hall–Kier alpha value is -1.30. The fourth-order valence-corrected chi connectivity index (χ4v) is 2.03. The van der Waals surface area contributed by atoms with Gasteiger partial charge in [0, 0.05) is 10.0 Å². The van der Waals surface area contributed by atoms with Crippen LogP contribution in [0.2, 0.25) is 0 Å². The van der Waals surface area contributed by atoms with Gasteiger partial charge in [0.1, 0.15) is 13.2 Å². The van der Waals surface area contributed by atoms with E-state index in [1.54, 1.807) is 6.07 Å². The van der Waals surface area contributed by atoms with E-state index >= 15 is 0 Å². The van der Waals surface area contributed by atoms with Crippen LogP contribution >= 0.6 is 15.9 Å². The number of alkyl halides is 1. The first-order valence-electron chi connectivity index (χ1n) is 4.94. The molecule has 0 bridgehead atoms. The fourth-order valence-electron chi connectivity index (χ4n) is 1.50. The molecule has 1 unspecified atom stereocenters. The summed E-state index contributed by atoms with van der Waals surface area (Å²) in [6.45, 7) is 0.859. The zero-order valence-electron chi connectivity index (χ0n) is 9.04. The normalized spacial score (nSPS) is 15.2. The predicted octanol–water partition coefficient (Wildman–Crippen LogP) is 2.40. The average Bonchev–Trinajstić information content (AvgIpc) is 2.36. The number of benzene rings is 1. The lowest BCUT2D eigenvalue weighted by atomic mass is 10.1. The van der Waals surface area contributed by atoms with Crippen LogP contribution in [0.15, 0.2) is 16.6 Å². The number of methoxy groups -OCH3 is 1. The van der Waals surface area contributed by atoms with Gasteiger partial charge in [-0.25, -0.2) is 9.18 Å². The molecule has 1 aromatic rings. The van der Waals surface area contributed by atoms with Gasteiger partial charge in [0.15, 0.2) is 11.5 Å². The minimum Gasteiger partial charge on any atom is -0.486 e. The number of hydrogen-bond donors (Lipinski definition) is 0. The van der Waals surface area contributed by atoms with Crippen molar-refractivity contribution in [2.24, 2.45) is 0 Å². The minimum atomic E-state index is -1.84. The molecular formula is C11H10BrFO4. The Morgan fingerprint density at radius 2 is 2.00 bits per heavy atom. The first-order chi connectivity index (χ1) is 8.13. The first-order valence-corrected chi connectivity index (χ1v) is 5.73. The Bertz CT molecular complexity index is 449. The summed E-state index contributed by atoms with van der Waals surface area (Å²) in [4.78, 5) is 11.1. The molecule has 1 atom stereocenters. The minimum absolute atomic E-state index is 0.168. The van der Waals surface area contributed by atoms with E-state index in [9.17, 15) is 9.18 Å². The highest BCUT2D eigenvalue weighted by atomic mass is 79.9. The highest BCUT2D eigenvalue weighted by Gasteiger charge is 2.25. The molecular weight excluding hydrogens is 295 g/mol. The molecule has 1 aliphatic rings. The lowest BCUT2D eigenvalue weighted by Crippen LogP contribution is -2.16. The summed E-state index contributed by atoms with van der Waals surface area (Å²) in [5.74, 6) is 0.0207. The van der Waals surface area contributed by atoms with Gasteiger partial charge in [0.2, 0.25) is 6.17 Å². The van der Waals surface area contributed by atoms with Gasteiger partial charge in [-0.15, -0.1) is 0 Å². The third-order valence-electron chi connectivity index (χ3n) is 2.34. The van der Waals surface area contributed by atoms with E-state index in [4.69, 9.17) is 9.47 Å². The lowest BCUT2D eigenvalue weighted by Gasteiger charge is -2.20. The van der Waals surface area contributed by atoms with Gasteiger partial charge < -0.3 is 14.2 Å². The molecule has 0 spiro atoms. The van der Waals surface area contributed by atoms with Gasteiger partial charge >= 0.3 is 5.97 Å². The summed E-state index contributed by atoms with van der Waals surface area (Å²) in [5.41, 5.74) is 0.168. The van der Waals surface area contributed by atoms with E-state index in [0.29, 0.717) is 29.2 Å². The number of hydrogen-bond acceptors (Lipinski definition) is 4. The maximum absolute atomic E-state index is 13.8. The van der Waals surface area contributed by atoms with Crippen LogP contribution in [-0.4, -0.2) is 26.3 Å². The number of fused-ring (bicyclic) bond motifs is 1. The summed E-state index contributed by atoms with van der Waals surface area (Å²) < 4.78 is 29.2. The SMILES string of the molecule is COC(=O)C(F)c1cc2c(cc1Br)OCCO2. The molecule has 2 rings (SSSR count). The molecule has 0 fully saturated rings. The van der Waals surface area contributed by atoms with Gasteiger partial charge in [-0.05, 0) is 12.1 Å². The highest BCUT2D eigenvalue weighted by Crippen LogP contribution is 2.39. The van der Waals surface area contributed by atoms with Crippen molar-refractivity contribution in [2.45, 2.75) is 6.17 Å². The van der Waals surface area contributed by atoms with Crippen LogP contribution in [0.25, 0.3) is 0 Å². The van der Waals surface area contributed by atoms with Crippen LogP contribution in [0.3, 0.4) is 0 Å². The molecule has 0 amide bonds. The van der Waals surface area contributed by atoms with E-state index in [1.807, 2.05) is 0 Å². The van der Waals surface area contributed by atoms with Crippen LogP contribution in [0.1, 0.15) is 11.7 Å². The molecule has 0 radical (unpaired) electrons. The van der Waals surface area contributed by atoms with Crippen LogP contribution < -0.4 is 9.47 Å². The molecule has 1 aromatic carbocycles. The third-order valence-corrected chi connectivity index (χ3v) is 3.03. The summed E-state index contributed by atoms with van der Waals surface area (Å²) in [7, 11) is 1.14. The zero-order valence-corrected chi connectivity index (χ0v) is 10.6. The maximum Gasteiger partial charge on any atom is 0.345 e. The van der Waals surface area contributed by atoms with Crippen molar-refractivity contribution in [3.63, 3.8) is 0 Å². The maximum atomic E-state index is 13.8. The second kappa shape index (κ2) is 4.91. The molecule has 6 heteroatoms. The van der Waals surface area contributed by atoms with Crippen molar-refractivity contribution in [1.29, 1.82) is 0 Å². The summed E-state index contributed by atoms with van der Waals surface area (Å²) in [6.07, 6.45) is -1.84. The average molecular weight is 305 g/mol. The van der Waals surface area contributed by atoms with Gasteiger partial charge in [0.05, 0.1) is 7.11 Å². The largest absolute Gasteiger partial charge is 0.486 e. The van der Waals surface area contributed by atoms with Crippen LogP contribution in [-0.2, 0) is 9.53 Å². The second-order valence-electron chi connectivity index (χ2n) is 3.40. The van der Waals surface area contributed by atoms with E-state index in [2.05, 4.69) is 20.7 Å². The van der Waals surface area contributed by atoms with Crippen molar-refractivity contribution in [1.82, 2.24) is 0 Å². The Balaban J connectivity index is 2.37. The van der Waals surface area contributed by atoms with Crippen LogP contribution in [0, 0.1) is 0 Å². The topological polar surface area (TPSA) is 44.8 Å². The van der Waals surface area contributed by atoms with Gasteiger partial charge in [-0.3, -0.25) is 0 Å². The van der Waals surface area contributed by atoms with Crippen molar-refractivity contribution in [3.05, 3.63) is 22.2 Å². The zero-order chi connectivity index (χ0) is 12.4. The van der Waals surface area contributed by atoms with E-state index in [0.717, 1.165) is 7.11 Å². The molecule has 0 aliphatic carbocycles. The molecule has 1 heterocycles. The third kappa shape index (κ3) is 2.36. The molecule has 0 N–H and O–H groups in total. The molecule has 4 nitrogen and oxygen atoms in total. The Morgan fingerprint density at radius 1 is 1.41 bits per heavy atom. The van der Waals surface area contributed by atoms with Gasteiger partial charge in [-0.1, -0.05) is 15.9 Å². The summed E-state index contributed by atoms with van der Waals surface area (Å²) >= 11 is 3.19. The van der Waals surface area contributed by atoms with E-state index < -0.39 is 12.1 Å². The van der Waals surface area contributed by atoms with Gasteiger partial charge in [0.25, 0.3) is 0 Å². The number of halogens is 2. The fraction of sp³-hybridized carbons (Fsp3) is 0.364. The predicted molar refractivity (Wildman–Crippen MR) is 61.0 cm³/mol. The number of esters is 1. The van der Waals surface area contributed by atoms with Gasteiger partial charge in [-0.2, -0.15) is 0 Å². The second-order valence-corrected chi connectivity index (χ2v) is 4.26. The van der Waals surface area contributed by atoms with E-state index in [-0.39, 0.29) is 5.56 Å². The number of carbonyl (C=O) groups is 1. The van der Waals surface area contributed by atoms with Crippen molar-refractivity contribution in [3.8, 4) is 11.5 Å². The standard InChI is InChI=1S/C11H10BrFO4/c1-15-11(14)10(13)6-4-8-9(5-7(6)12)17-3-2-16-8/h4-5,10H,2-3H2,1H3. The highest BCUT2D eigenvalue weighted by molar-refractivity contribution is 9.10. The lowest BCUT2D eigenvalue weighted by molar-refractivity contribution is -0.146. The van der Waals surface area contributed by atoms with Crippen LogP contribution in [0.4, 0.5) is 4.39 Å². The van der Waals surface area contributed by atoms with Crippen LogP contribution in [0.5, 0.6) is 11.5 Å². The smallest absolute Gasteiger partial charge is 0.345 e. The quantitative estimate of drug-likeness (QED) is 0.787. The van der Waals surface area contributed by atoms with E-state index in [1.165, 1.54) is 6.07 Å². The van der Waals surface area contributed by atoms with Crippen molar-refractivity contribution in [2.75, 3.05) is 20.3 Å². The molecule has 1 aliphatic heterocycles. The summed E-state index contributed by atoms with van der Waals surface area (Å²) in [6, 6.07) is 3.03. The molecule has 92 valence electrons. The monoisotopic (exact) mass is 304 g/mol. The van der Waals surface area contributed by atoms with Crippen molar-refractivity contribution < 1.29 is 23.4 Å². The molecule has 0 saturated heterocycles. The number of carbonyl (C=O) groups excluding carboxylic acids is 1. The Labute approximate surface area is 106 Å². The molecule has 17 heavy (non-hydrogen) atoms. The van der Waals surface area contributed by atoms with Crippen molar-refractivity contribution >= 4 is 21.9 Å². The Morgan fingerprint density at radius 3 is 2.59 bits per heavy atom. The molecule has 0 saturated carbocycles. The first kappa shape index (κ1) is 12.2. The summed E-state index contributed by atoms with van der Waals surface area (Å²) in [5, 5.41) is 0. The number of ether oxygens (including phenoxy) is 3. The number of rotatable bonds is 2. The Kier molecular flexibility index (Phi) is 3.51.